The van der Waals surface area contributed by atoms with Gasteiger partial charge in [-0.3, -0.25) is 14.4 Å². The second-order valence-electron chi connectivity index (χ2n) is 10.6. The van der Waals surface area contributed by atoms with Crippen LogP contribution in [0.4, 0.5) is 11.4 Å². The van der Waals surface area contributed by atoms with E-state index >= 15 is 0 Å². The van der Waals surface area contributed by atoms with Crippen LogP contribution in [0.1, 0.15) is 40.5 Å². The molecule has 3 heterocycles. The molecule has 202 valence electrons. The van der Waals surface area contributed by atoms with Gasteiger partial charge in [-0.15, -0.1) is 6.58 Å². The Labute approximate surface area is 218 Å². The third kappa shape index (κ3) is 4.03. The van der Waals surface area contributed by atoms with Crippen LogP contribution in [0.15, 0.2) is 36.9 Å². The Balaban J connectivity index is 1.77. The van der Waals surface area contributed by atoms with E-state index in [-0.39, 0.29) is 43.8 Å². The molecular weight excluding hydrogens is 474 g/mol. The van der Waals surface area contributed by atoms with E-state index in [1.54, 1.807) is 17.9 Å². The summed E-state index contributed by atoms with van der Waals surface area (Å²) in [6.45, 7) is 13.6. The second-order valence-corrected chi connectivity index (χ2v) is 10.6. The highest BCUT2D eigenvalue weighted by Crippen LogP contribution is 2.65. The van der Waals surface area contributed by atoms with Gasteiger partial charge in [-0.05, 0) is 63.8 Å². The van der Waals surface area contributed by atoms with Gasteiger partial charge in [0, 0.05) is 44.2 Å². The van der Waals surface area contributed by atoms with Crippen molar-refractivity contribution in [2.45, 2.75) is 57.8 Å². The number of hydrogen-bond acceptors (Lipinski definition) is 6. The summed E-state index contributed by atoms with van der Waals surface area (Å²) in [5.74, 6) is -3.93. The Morgan fingerprint density at radius 2 is 1.84 bits per heavy atom. The molecule has 3 fully saturated rings. The summed E-state index contributed by atoms with van der Waals surface area (Å²) >= 11 is 0. The SMILES string of the molecule is C=CCN(C(=O)C1N(CCCO)C(=O)[C@@H]2[C@@H](C(=O)O)[C@]3(C)OC12CC3C)c1ccc(N(CC)CC)cc1. The molecule has 0 aromatic heterocycles. The molecule has 3 saturated heterocycles. The summed E-state index contributed by atoms with van der Waals surface area (Å²) in [5, 5.41) is 19.6. The van der Waals surface area contributed by atoms with E-state index in [2.05, 4.69) is 25.3 Å². The summed E-state index contributed by atoms with van der Waals surface area (Å²) in [4.78, 5) is 45.8. The summed E-state index contributed by atoms with van der Waals surface area (Å²) in [6.07, 6.45) is 2.33. The molecule has 0 radical (unpaired) electrons. The van der Waals surface area contributed by atoms with Crippen molar-refractivity contribution in [1.82, 2.24) is 4.90 Å². The van der Waals surface area contributed by atoms with Crippen LogP contribution < -0.4 is 9.80 Å². The Morgan fingerprint density at radius 1 is 1.22 bits per heavy atom. The predicted octanol–water partition coefficient (Wildman–Crippen LogP) is 2.53. The number of aliphatic hydroxyl groups excluding tert-OH is 1. The van der Waals surface area contributed by atoms with E-state index in [4.69, 9.17) is 4.74 Å². The van der Waals surface area contributed by atoms with Crippen LogP contribution in [0.2, 0.25) is 0 Å². The van der Waals surface area contributed by atoms with Crippen molar-refractivity contribution in [3.05, 3.63) is 36.9 Å². The number of amides is 2. The van der Waals surface area contributed by atoms with Gasteiger partial charge in [0.2, 0.25) is 5.91 Å². The quantitative estimate of drug-likeness (QED) is 0.438. The van der Waals surface area contributed by atoms with Crippen LogP contribution >= 0.6 is 0 Å². The lowest BCUT2D eigenvalue weighted by molar-refractivity contribution is -0.156. The lowest BCUT2D eigenvalue weighted by Gasteiger charge is -2.37. The van der Waals surface area contributed by atoms with Gasteiger partial charge in [0.25, 0.3) is 5.91 Å². The number of carboxylic acid groups (broad SMARTS) is 1. The molecule has 9 nitrogen and oxygen atoms in total. The number of likely N-dealkylation sites (tertiary alicyclic amines) is 1. The van der Waals surface area contributed by atoms with Crippen LogP contribution in [-0.4, -0.2) is 82.9 Å². The number of hydrogen-bond donors (Lipinski definition) is 2. The minimum absolute atomic E-state index is 0.146. The van der Waals surface area contributed by atoms with E-state index in [1.165, 1.54) is 4.90 Å². The van der Waals surface area contributed by atoms with Crippen molar-refractivity contribution in [2.75, 3.05) is 42.6 Å². The first-order chi connectivity index (χ1) is 17.6. The van der Waals surface area contributed by atoms with Gasteiger partial charge in [-0.2, -0.15) is 0 Å². The van der Waals surface area contributed by atoms with Crippen molar-refractivity contribution >= 4 is 29.2 Å². The number of carbonyl (C=O) groups is 3. The fourth-order valence-electron chi connectivity index (χ4n) is 6.91. The number of anilines is 2. The third-order valence-electron chi connectivity index (χ3n) is 8.74. The maximum atomic E-state index is 14.4. The van der Waals surface area contributed by atoms with Crippen LogP contribution in [-0.2, 0) is 19.1 Å². The summed E-state index contributed by atoms with van der Waals surface area (Å²) in [7, 11) is 0. The van der Waals surface area contributed by atoms with Gasteiger partial charge in [0.1, 0.15) is 17.6 Å². The van der Waals surface area contributed by atoms with Crippen molar-refractivity contribution in [1.29, 1.82) is 0 Å². The number of benzene rings is 1. The Bertz CT molecular complexity index is 1060. The molecule has 6 atom stereocenters. The maximum absolute atomic E-state index is 14.4. The standard InChI is InChI=1S/C28H39N3O6/c1-6-14-30(20-12-10-19(11-13-20)29(7-2)8-3)25(34)23-28-17-18(4)27(5,37-28)22(26(35)36)21(28)24(33)31(23)15-9-16-32/h6,10-13,18,21-23,32H,1,7-9,14-17H2,2-5H3,(H,35,36)/t18?,21-,22-,23?,27+,28?/m0/s1. The Hall–Kier alpha value is -2.91. The molecule has 3 aliphatic rings. The lowest BCUT2D eigenvalue weighted by Crippen LogP contribution is -2.57. The molecule has 3 unspecified atom stereocenters. The largest absolute Gasteiger partial charge is 0.481 e. The van der Waals surface area contributed by atoms with E-state index in [9.17, 15) is 24.6 Å². The van der Waals surface area contributed by atoms with E-state index in [0.29, 0.717) is 12.1 Å². The molecule has 2 N–H and O–H groups in total. The number of ether oxygens (including phenoxy) is 1. The highest BCUT2D eigenvalue weighted by molar-refractivity contribution is 6.04. The predicted molar refractivity (Wildman–Crippen MR) is 140 cm³/mol. The number of rotatable bonds is 11. The Morgan fingerprint density at radius 3 is 2.38 bits per heavy atom. The van der Waals surface area contributed by atoms with Crippen LogP contribution in [0.25, 0.3) is 0 Å². The van der Waals surface area contributed by atoms with Crippen molar-refractivity contribution in [3.8, 4) is 0 Å². The zero-order valence-corrected chi connectivity index (χ0v) is 22.2. The molecule has 0 aliphatic carbocycles. The Kier molecular flexibility index (Phi) is 7.41. The van der Waals surface area contributed by atoms with Gasteiger partial charge < -0.3 is 29.6 Å². The average Bonchev–Trinajstić information content (AvgIpc) is 3.38. The van der Waals surface area contributed by atoms with Crippen LogP contribution in [0.3, 0.4) is 0 Å². The minimum atomic E-state index is -1.23. The smallest absolute Gasteiger partial charge is 0.310 e. The molecular formula is C28H39N3O6. The highest BCUT2D eigenvalue weighted by Gasteiger charge is 2.80. The van der Waals surface area contributed by atoms with E-state index in [1.807, 2.05) is 31.2 Å². The molecule has 1 aromatic rings. The van der Waals surface area contributed by atoms with Crippen LogP contribution in [0.5, 0.6) is 0 Å². The fraction of sp³-hybridized carbons (Fsp3) is 0.607. The first kappa shape index (κ1) is 27.1. The molecule has 1 spiro atoms. The monoisotopic (exact) mass is 513 g/mol. The summed E-state index contributed by atoms with van der Waals surface area (Å²) in [6, 6.07) is 6.72. The number of carboxylic acids is 1. The van der Waals surface area contributed by atoms with Crippen LogP contribution in [0, 0.1) is 17.8 Å². The molecule has 3 aliphatic heterocycles. The van der Waals surface area contributed by atoms with Crippen molar-refractivity contribution in [3.63, 3.8) is 0 Å². The number of aliphatic hydroxyl groups is 1. The van der Waals surface area contributed by atoms with Gasteiger partial charge in [-0.25, -0.2) is 0 Å². The number of carbonyl (C=O) groups excluding carboxylic acids is 2. The first-order valence-corrected chi connectivity index (χ1v) is 13.2. The van der Waals surface area contributed by atoms with Gasteiger partial charge >= 0.3 is 5.97 Å². The van der Waals surface area contributed by atoms with Gasteiger partial charge in [-0.1, -0.05) is 13.0 Å². The average molecular weight is 514 g/mol. The molecule has 2 bridgehead atoms. The molecule has 37 heavy (non-hydrogen) atoms. The number of nitrogens with zero attached hydrogens (tertiary/aromatic N) is 3. The van der Waals surface area contributed by atoms with Crippen molar-refractivity contribution in [2.24, 2.45) is 17.8 Å². The number of fused-ring (bicyclic) bond motifs is 1. The highest BCUT2D eigenvalue weighted by atomic mass is 16.5. The first-order valence-electron chi connectivity index (χ1n) is 13.2. The second kappa shape index (κ2) is 10.1. The zero-order valence-electron chi connectivity index (χ0n) is 22.2. The topological polar surface area (TPSA) is 111 Å². The fourth-order valence-corrected chi connectivity index (χ4v) is 6.91. The van der Waals surface area contributed by atoms with Gasteiger partial charge in [0.15, 0.2) is 0 Å². The summed E-state index contributed by atoms with van der Waals surface area (Å²) in [5.41, 5.74) is -0.566. The van der Waals surface area contributed by atoms with Gasteiger partial charge in [0.05, 0.1) is 11.5 Å². The maximum Gasteiger partial charge on any atom is 0.310 e. The zero-order chi connectivity index (χ0) is 27.1. The summed E-state index contributed by atoms with van der Waals surface area (Å²) < 4.78 is 6.53. The molecule has 4 rings (SSSR count). The molecule has 1 aromatic carbocycles. The third-order valence-corrected chi connectivity index (χ3v) is 8.74. The molecule has 0 saturated carbocycles. The van der Waals surface area contributed by atoms with E-state index in [0.717, 1.165) is 18.8 Å². The van der Waals surface area contributed by atoms with E-state index < -0.39 is 35.0 Å². The molecule has 2 amide bonds. The minimum Gasteiger partial charge on any atom is -0.481 e. The van der Waals surface area contributed by atoms with Crippen molar-refractivity contribution < 1.29 is 29.3 Å². The normalized spacial score (nSPS) is 31.9. The lowest BCUT2D eigenvalue weighted by atomic mass is 9.62. The number of aliphatic carboxylic acids is 1. The molecule has 9 heteroatoms.